The van der Waals surface area contributed by atoms with Gasteiger partial charge in [-0.25, -0.2) is 0 Å². The summed E-state index contributed by atoms with van der Waals surface area (Å²) in [6.45, 7) is 5.82. The van der Waals surface area contributed by atoms with Crippen LogP contribution in [0.4, 0.5) is 0 Å². The van der Waals surface area contributed by atoms with Crippen LogP contribution < -0.4 is 9.47 Å². The molecule has 3 rings (SSSR count). The van der Waals surface area contributed by atoms with E-state index in [-0.39, 0.29) is 0 Å². The van der Waals surface area contributed by atoms with Gasteiger partial charge < -0.3 is 37.9 Å². The average Bonchev–Trinajstić information content (AvgIpc) is 3.06. The fourth-order valence-electron chi connectivity index (χ4n) is 4.15. The van der Waals surface area contributed by atoms with Crippen molar-refractivity contribution in [3.63, 3.8) is 0 Å². The number of rotatable bonds is 24. The summed E-state index contributed by atoms with van der Waals surface area (Å²) in [6.07, 6.45) is 1.60. The summed E-state index contributed by atoms with van der Waals surface area (Å²) in [4.78, 5) is 24.2. The topological polar surface area (TPSA) is 108 Å². The van der Waals surface area contributed by atoms with Crippen molar-refractivity contribution in [2.45, 2.75) is 0 Å². The maximum absolute atomic E-state index is 12.1. The first kappa shape index (κ1) is 34.8. The zero-order chi connectivity index (χ0) is 31.2. The van der Waals surface area contributed by atoms with E-state index in [4.69, 9.17) is 37.9 Å². The van der Waals surface area contributed by atoms with E-state index in [1.165, 1.54) is 0 Å². The zero-order valence-corrected chi connectivity index (χ0v) is 25.5. The molecule has 0 aliphatic carbocycles. The molecule has 10 heteroatoms. The molecule has 0 saturated carbocycles. The molecule has 238 valence electrons. The van der Waals surface area contributed by atoms with Gasteiger partial charge in [0.15, 0.2) is 12.6 Å². The second-order valence-corrected chi connectivity index (χ2v) is 9.44. The van der Waals surface area contributed by atoms with Gasteiger partial charge in [0.25, 0.3) is 0 Å². The fraction of sp³-hybridized carbons (Fsp3) is 0.412. The third-order valence-corrected chi connectivity index (χ3v) is 6.41. The highest BCUT2D eigenvalue weighted by molar-refractivity contribution is 5.97. The number of methoxy groups -OCH3 is 2. The van der Waals surface area contributed by atoms with Gasteiger partial charge in [0.2, 0.25) is 0 Å². The Morgan fingerprint density at radius 1 is 0.455 bits per heavy atom. The summed E-state index contributed by atoms with van der Waals surface area (Å²) in [5, 5.41) is 0. The van der Waals surface area contributed by atoms with Crippen molar-refractivity contribution in [2.75, 3.05) is 93.5 Å². The van der Waals surface area contributed by atoms with E-state index in [2.05, 4.69) is 0 Å². The molecule has 0 bridgehead atoms. The standard InChI is InChI=1S/C34H42O10/c1-37-11-13-39-15-17-41-19-21-43-31-7-3-27(4-8-31)33-23-30(26-36)34(24-29(33)25-35)28-5-9-32(10-6-28)44-22-20-42-18-16-40-14-12-38-2/h3-10,23-26H,11-22H2,1-2H3. The Balaban J connectivity index is 1.52. The van der Waals surface area contributed by atoms with Gasteiger partial charge in [-0.1, -0.05) is 24.3 Å². The van der Waals surface area contributed by atoms with E-state index in [1.54, 1.807) is 26.4 Å². The molecule has 3 aromatic rings. The van der Waals surface area contributed by atoms with Crippen LogP contribution in [0.2, 0.25) is 0 Å². The molecular weight excluding hydrogens is 568 g/mol. The molecule has 0 aliphatic heterocycles. The first-order valence-corrected chi connectivity index (χ1v) is 14.5. The number of benzene rings is 3. The molecule has 0 radical (unpaired) electrons. The monoisotopic (exact) mass is 610 g/mol. The van der Waals surface area contributed by atoms with Crippen molar-refractivity contribution in [3.8, 4) is 33.8 Å². The molecule has 0 spiro atoms. The molecule has 0 fully saturated rings. The van der Waals surface area contributed by atoms with E-state index in [0.29, 0.717) is 113 Å². The number of ether oxygens (including phenoxy) is 8. The van der Waals surface area contributed by atoms with E-state index in [0.717, 1.165) is 23.7 Å². The lowest BCUT2D eigenvalue weighted by Gasteiger charge is -2.13. The molecule has 0 unspecified atom stereocenters. The fourth-order valence-corrected chi connectivity index (χ4v) is 4.15. The molecule has 0 atom stereocenters. The van der Waals surface area contributed by atoms with Gasteiger partial charge in [-0.3, -0.25) is 9.59 Å². The van der Waals surface area contributed by atoms with Crippen molar-refractivity contribution in [1.29, 1.82) is 0 Å². The molecule has 0 aliphatic rings. The van der Waals surface area contributed by atoms with Crippen molar-refractivity contribution in [2.24, 2.45) is 0 Å². The van der Waals surface area contributed by atoms with Crippen LogP contribution in [0.3, 0.4) is 0 Å². The summed E-state index contributed by atoms with van der Waals surface area (Å²) in [6, 6.07) is 18.2. The number of hydrogen-bond donors (Lipinski definition) is 0. The van der Waals surface area contributed by atoms with Gasteiger partial charge in [0.1, 0.15) is 24.7 Å². The Labute approximate surface area is 259 Å². The molecule has 0 N–H and O–H groups in total. The Morgan fingerprint density at radius 2 is 0.773 bits per heavy atom. The number of carbonyl (C=O) groups excluding carboxylic acids is 2. The van der Waals surface area contributed by atoms with Gasteiger partial charge in [-0.05, 0) is 58.7 Å². The van der Waals surface area contributed by atoms with E-state index >= 15 is 0 Å². The largest absolute Gasteiger partial charge is 0.491 e. The van der Waals surface area contributed by atoms with E-state index in [9.17, 15) is 9.59 Å². The first-order valence-electron chi connectivity index (χ1n) is 14.5. The normalized spacial score (nSPS) is 11.0. The Hall–Kier alpha value is -3.64. The highest BCUT2D eigenvalue weighted by Crippen LogP contribution is 2.33. The minimum Gasteiger partial charge on any atom is -0.491 e. The Bertz CT molecular complexity index is 1130. The van der Waals surface area contributed by atoms with Gasteiger partial charge >= 0.3 is 0 Å². The lowest BCUT2D eigenvalue weighted by molar-refractivity contribution is 0.0180. The van der Waals surface area contributed by atoms with Gasteiger partial charge in [0, 0.05) is 25.3 Å². The maximum Gasteiger partial charge on any atom is 0.150 e. The number of hydrogen-bond acceptors (Lipinski definition) is 10. The van der Waals surface area contributed by atoms with Crippen LogP contribution in [0.25, 0.3) is 22.3 Å². The van der Waals surface area contributed by atoms with Crippen molar-refractivity contribution < 1.29 is 47.5 Å². The first-order chi connectivity index (χ1) is 21.7. The van der Waals surface area contributed by atoms with E-state index < -0.39 is 0 Å². The summed E-state index contributed by atoms with van der Waals surface area (Å²) in [5.74, 6) is 1.35. The zero-order valence-electron chi connectivity index (χ0n) is 25.5. The minimum absolute atomic E-state index is 0.393. The lowest BCUT2D eigenvalue weighted by atomic mass is 9.91. The van der Waals surface area contributed by atoms with Crippen LogP contribution in [0, 0.1) is 0 Å². The second-order valence-electron chi connectivity index (χ2n) is 9.44. The SMILES string of the molecule is COCCOCCOCCOc1ccc(-c2cc(C=O)c(-c3ccc(OCCOCCOCCOC)cc3)cc2C=O)cc1. The summed E-state index contributed by atoms with van der Waals surface area (Å²) < 4.78 is 43.0. The Morgan fingerprint density at radius 3 is 1.09 bits per heavy atom. The van der Waals surface area contributed by atoms with Crippen molar-refractivity contribution >= 4 is 12.6 Å². The third-order valence-electron chi connectivity index (χ3n) is 6.41. The molecule has 0 heterocycles. The molecule has 3 aromatic carbocycles. The van der Waals surface area contributed by atoms with Gasteiger partial charge in [-0.2, -0.15) is 0 Å². The van der Waals surface area contributed by atoms with Crippen LogP contribution in [0.1, 0.15) is 20.7 Å². The van der Waals surface area contributed by atoms with Crippen LogP contribution in [0.15, 0.2) is 60.7 Å². The number of aldehydes is 2. The van der Waals surface area contributed by atoms with Gasteiger partial charge in [0.05, 0.1) is 66.1 Å². The van der Waals surface area contributed by atoms with Crippen molar-refractivity contribution in [1.82, 2.24) is 0 Å². The maximum atomic E-state index is 12.1. The molecule has 44 heavy (non-hydrogen) atoms. The lowest BCUT2D eigenvalue weighted by Crippen LogP contribution is -2.12. The predicted molar refractivity (Wildman–Crippen MR) is 166 cm³/mol. The summed E-state index contributed by atoms with van der Waals surface area (Å²) in [7, 11) is 3.26. The second kappa shape index (κ2) is 21.1. The van der Waals surface area contributed by atoms with Crippen LogP contribution in [-0.2, 0) is 28.4 Å². The molecular formula is C34H42O10. The van der Waals surface area contributed by atoms with Crippen LogP contribution >= 0.6 is 0 Å². The molecule has 10 nitrogen and oxygen atoms in total. The molecule has 0 aromatic heterocycles. The van der Waals surface area contributed by atoms with Gasteiger partial charge in [-0.15, -0.1) is 0 Å². The summed E-state index contributed by atoms with van der Waals surface area (Å²) in [5.41, 5.74) is 3.88. The van der Waals surface area contributed by atoms with Crippen LogP contribution in [0.5, 0.6) is 11.5 Å². The summed E-state index contributed by atoms with van der Waals surface area (Å²) >= 11 is 0. The minimum atomic E-state index is 0.393. The number of carbonyl (C=O) groups is 2. The highest BCUT2D eigenvalue weighted by atomic mass is 16.6. The predicted octanol–water partition coefficient (Wildman–Crippen LogP) is 4.76. The average molecular weight is 611 g/mol. The Kier molecular flexibility index (Phi) is 16.7. The van der Waals surface area contributed by atoms with Crippen molar-refractivity contribution in [3.05, 3.63) is 71.8 Å². The quantitative estimate of drug-likeness (QED) is 0.104. The highest BCUT2D eigenvalue weighted by Gasteiger charge is 2.13. The third kappa shape index (κ3) is 12.2. The smallest absolute Gasteiger partial charge is 0.150 e. The molecule has 0 saturated heterocycles. The molecule has 0 amide bonds. The van der Waals surface area contributed by atoms with E-state index in [1.807, 2.05) is 48.5 Å². The van der Waals surface area contributed by atoms with Crippen LogP contribution in [-0.4, -0.2) is 106 Å².